The molecule has 30 heavy (non-hydrogen) atoms. The van der Waals surface area contributed by atoms with E-state index in [1.165, 1.54) is 23.3 Å². The van der Waals surface area contributed by atoms with Crippen LogP contribution in [0.2, 0.25) is 0 Å². The van der Waals surface area contributed by atoms with E-state index in [4.69, 9.17) is 5.41 Å². The molecule has 1 N–H and O–H groups in total. The Hall–Kier alpha value is -2.97. The summed E-state index contributed by atoms with van der Waals surface area (Å²) in [5.41, 5.74) is 2.49. The van der Waals surface area contributed by atoms with E-state index >= 15 is 0 Å². The largest absolute Gasteiger partial charge is 0.303 e. The van der Waals surface area contributed by atoms with Crippen LogP contribution in [-0.2, 0) is 10.2 Å². The van der Waals surface area contributed by atoms with Crippen molar-refractivity contribution in [3.8, 4) is 6.07 Å². The van der Waals surface area contributed by atoms with Gasteiger partial charge in [0.2, 0.25) is 5.91 Å². The molecule has 0 bridgehead atoms. The van der Waals surface area contributed by atoms with Gasteiger partial charge >= 0.3 is 0 Å². The Kier molecular flexibility index (Phi) is 4.30. The second-order valence-electron chi connectivity index (χ2n) is 8.76. The fraction of sp³-hybridized carbons (Fsp3) is 0.320. The number of carbonyl (C=O) groups is 1. The minimum absolute atomic E-state index is 0.0362. The highest BCUT2D eigenvalue weighted by molar-refractivity contribution is 7.19. The summed E-state index contributed by atoms with van der Waals surface area (Å²) in [5.74, 6) is 0.621. The molecule has 2 atom stereocenters. The first-order valence-electron chi connectivity index (χ1n) is 10.3. The summed E-state index contributed by atoms with van der Waals surface area (Å²) in [7, 11) is 1.70. The first-order valence-corrected chi connectivity index (χ1v) is 11.1. The molecular weight excluding hydrogens is 390 g/mol. The SMILES string of the molecule is CN1C(=N)C[C@](C)(c2cc3cccc(C#N)c3s2)[C@@H](c2ccc(C3CC3)cc2)C1=O. The van der Waals surface area contributed by atoms with Crippen LogP contribution < -0.4 is 0 Å². The number of nitrogens with one attached hydrogen (secondary N) is 1. The molecule has 1 amide bonds. The molecule has 4 nitrogen and oxygen atoms in total. The fourth-order valence-electron chi connectivity index (χ4n) is 4.72. The molecule has 1 saturated carbocycles. The van der Waals surface area contributed by atoms with Crippen LogP contribution in [0.1, 0.15) is 59.6 Å². The van der Waals surface area contributed by atoms with Crippen LogP contribution in [0, 0.1) is 16.7 Å². The second kappa shape index (κ2) is 6.78. The number of piperidine rings is 1. The molecule has 3 aromatic rings. The average molecular weight is 414 g/mol. The summed E-state index contributed by atoms with van der Waals surface area (Å²) in [5, 5.41) is 19.0. The molecule has 5 rings (SSSR count). The first-order chi connectivity index (χ1) is 14.4. The minimum atomic E-state index is -0.530. The van der Waals surface area contributed by atoms with Crippen molar-refractivity contribution in [3.05, 3.63) is 70.1 Å². The highest BCUT2D eigenvalue weighted by Gasteiger charge is 2.49. The molecule has 2 aromatic carbocycles. The van der Waals surface area contributed by atoms with Crippen molar-refractivity contribution in [3.63, 3.8) is 0 Å². The second-order valence-corrected chi connectivity index (χ2v) is 9.81. The van der Waals surface area contributed by atoms with E-state index in [0.717, 1.165) is 20.5 Å². The number of carbonyl (C=O) groups excluding carboxylic acids is 1. The summed E-state index contributed by atoms with van der Waals surface area (Å²) in [6, 6.07) is 18.7. The Morgan fingerprint density at radius 1 is 1.17 bits per heavy atom. The predicted molar refractivity (Wildman–Crippen MR) is 120 cm³/mol. The van der Waals surface area contributed by atoms with Gasteiger partial charge in [-0.05, 0) is 47.4 Å². The van der Waals surface area contributed by atoms with E-state index in [1.54, 1.807) is 18.4 Å². The van der Waals surface area contributed by atoms with Gasteiger partial charge < -0.3 is 4.90 Å². The Bertz CT molecular complexity index is 1220. The summed E-state index contributed by atoms with van der Waals surface area (Å²) in [6.07, 6.45) is 2.99. The summed E-state index contributed by atoms with van der Waals surface area (Å²) in [6.45, 7) is 2.10. The normalized spacial score (nSPS) is 24.3. The van der Waals surface area contributed by atoms with Crippen LogP contribution in [0.5, 0.6) is 0 Å². The summed E-state index contributed by atoms with van der Waals surface area (Å²) in [4.78, 5) is 16.0. The topological polar surface area (TPSA) is 68.0 Å². The molecule has 2 heterocycles. The van der Waals surface area contributed by atoms with E-state index in [-0.39, 0.29) is 11.8 Å². The lowest BCUT2D eigenvalue weighted by Gasteiger charge is -2.44. The van der Waals surface area contributed by atoms with Crippen LogP contribution in [0.25, 0.3) is 10.1 Å². The van der Waals surface area contributed by atoms with Gasteiger partial charge in [-0.25, -0.2) is 0 Å². The molecule has 1 aliphatic carbocycles. The maximum absolute atomic E-state index is 13.4. The van der Waals surface area contributed by atoms with Crippen LogP contribution in [0.3, 0.4) is 0 Å². The van der Waals surface area contributed by atoms with Crippen molar-refractivity contribution in [1.82, 2.24) is 4.90 Å². The zero-order valence-corrected chi connectivity index (χ0v) is 17.9. The van der Waals surface area contributed by atoms with Crippen LogP contribution in [0.15, 0.2) is 48.5 Å². The smallest absolute Gasteiger partial charge is 0.236 e. The fourth-order valence-corrected chi connectivity index (χ4v) is 6.01. The molecule has 2 fully saturated rings. The zero-order chi connectivity index (χ0) is 21.0. The third kappa shape index (κ3) is 2.86. The number of nitrogens with zero attached hydrogens (tertiary/aromatic N) is 2. The monoisotopic (exact) mass is 413 g/mol. The molecule has 0 unspecified atom stereocenters. The number of likely N-dealkylation sites (N-methyl/N-ethyl adjacent to an activating group) is 1. The number of amidine groups is 1. The number of thiophene rings is 1. The Labute approximate surface area is 180 Å². The maximum atomic E-state index is 13.4. The lowest BCUT2D eigenvalue weighted by molar-refractivity contribution is -0.131. The third-order valence-electron chi connectivity index (χ3n) is 6.70. The number of rotatable bonds is 3. The third-order valence-corrected chi connectivity index (χ3v) is 8.16. The van der Waals surface area contributed by atoms with Gasteiger partial charge in [0.1, 0.15) is 11.9 Å². The van der Waals surface area contributed by atoms with Crippen LogP contribution >= 0.6 is 11.3 Å². The van der Waals surface area contributed by atoms with E-state index in [0.29, 0.717) is 23.7 Å². The van der Waals surface area contributed by atoms with Gasteiger partial charge in [-0.15, -0.1) is 11.3 Å². The number of likely N-dealkylation sites (tertiary alicyclic amines) is 1. The molecule has 0 radical (unpaired) electrons. The number of fused-ring (bicyclic) bond motifs is 1. The Balaban J connectivity index is 1.65. The van der Waals surface area contributed by atoms with Crippen molar-refractivity contribution >= 4 is 33.2 Å². The van der Waals surface area contributed by atoms with Gasteiger partial charge in [0, 0.05) is 23.8 Å². The van der Waals surface area contributed by atoms with Crippen molar-refractivity contribution in [2.45, 2.75) is 43.4 Å². The number of hydrogen-bond donors (Lipinski definition) is 1. The Morgan fingerprint density at radius 2 is 1.87 bits per heavy atom. The van der Waals surface area contributed by atoms with E-state index in [2.05, 4.69) is 43.3 Å². The van der Waals surface area contributed by atoms with Crippen molar-refractivity contribution in [2.75, 3.05) is 7.05 Å². The maximum Gasteiger partial charge on any atom is 0.236 e. The summed E-state index contributed by atoms with van der Waals surface area (Å²) < 4.78 is 0.956. The number of benzene rings is 2. The number of amides is 1. The van der Waals surface area contributed by atoms with Crippen LogP contribution in [-0.4, -0.2) is 23.7 Å². The van der Waals surface area contributed by atoms with E-state index in [1.807, 2.05) is 18.2 Å². The molecule has 1 saturated heterocycles. The standard InChI is InChI=1S/C25H23N3OS/c1-25(20-12-18-4-3-5-19(14-26)23(18)30-20)13-21(27)28(2)24(29)22(25)17-10-8-16(9-11-17)15-6-7-15/h3-5,8-12,15,22,27H,6-7,13H2,1-2H3/t22-,25+/m0/s1. The highest BCUT2D eigenvalue weighted by Crippen LogP contribution is 2.50. The van der Waals surface area contributed by atoms with E-state index in [9.17, 15) is 10.1 Å². The first kappa shape index (κ1) is 19.0. The van der Waals surface area contributed by atoms with Gasteiger partial charge in [0.25, 0.3) is 0 Å². The zero-order valence-electron chi connectivity index (χ0n) is 17.1. The lowest BCUT2D eigenvalue weighted by atomic mass is 9.67. The van der Waals surface area contributed by atoms with E-state index < -0.39 is 5.41 Å². The van der Waals surface area contributed by atoms with Crippen molar-refractivity contribution in [1.29, 1.82) is 10.7 Å². The van der Waals surface area contributed by atoms with Crippen molar-refractivity contribution in [2.24, 2.45) is 0 Å². The molecule has 0 spiro atoms. The lowest BCUT2D eigenvalue weighted by Crippen LogP contribution is -2.51. The quantitative estimate of drug-likeness (QED) is 0.613. The van der Waals surface area contributed by atoms with Gasteiger partial charge in [-0.3, -0.25) is 10.2 Å². The molecule has 2 aliphatic rings. The summed E-state index contributed by atoms with van der Waals surface area (Å²) >= 11 is 1.59. The number of nitriles is 1. The molecule has 5 heteroatoms. The predicted octanol–water partition coefficient (Wildman–Crippen LogP) is 5.53. The van der Waals surface area contributed by atoms with Crippen LogP contribution in [0.4, 0.5) is 0 Å². The van der Waals surface area contributed by atoms with Crippen molar-refractivity contribution < 1.29 is 4.79 Å². The molecule has 1 aromatic heterocycles. The minimum Gasteiger partial charge on any atom is -0.303 e. The molecule has 1 aliphatic heterocycles. The number of hydrogen-bond acceptors (Lipinski definition) is 4. The Morgan fingerprint density at radius 3 is 2.53 bits per heavy atom. The molecule has 150 valence electrons. The average Bonchev–Trinajstić information content (AvgIpc) is 3.49. The van der Waals surface area contributed by atoms with Gasteiger partial charge in [0.05, 0.1) is 16.2 Å². The van der Waals surface area contributed by atoms with Gasteiger partial charge in [-0.1, -0.05) is 43.3 Å². The van der Waals surface area contributed by atoms with Gasteiger partial charge in [0.15, 0.2) is 0 Å². The van der Waals surface area contributed by atoms with Gasteiger partial charge in [-0.2, -0.15) is 5.26 Å². The highest BCUT2D eigenvalue weighted by atomic mass is 32.1. The molecular formula is C25H23N3OS.